The van der Waals surface area contributed by atoms with E-state index in [4.69, 9.17) is 9.57 Å². The van der Waals surface area contributed by atoms with Gasteiger partial charge >= 0.3 is 5.97 Å². The van der Waals surface area contributed by atoms with Gasteiger partial charge in [-0.05, 0) is 0 Å². The number of esters is 1. The molecule has 2 saturated heterocycles. The quantitative estimate of drug-likeness (QED) is 0.494. The van der Waals surface area contributed by atoms with Crippen molar-refractivity contribution in [3.63, 3.8) is 0 Å². The summed E-state index contributed by atoms with van der Waals surface area (Å²) >= 11 is 0. The van der Waals surface area contributed by atoms with E-state index in [2.05, 4.69) is 20.0 Å². The Morgan fingerprint density at radius 2 is 2.03 bits per heavy atom. The number of anilines is 1. The van der Waals surface area contributed by atoms with Crippen molar-refractivity contribution in [2.24, 2.45) is 5.16 Å². The lowest BCUT2D eigenvalue weighted by atomic mass is 10.1. The average Bonchev–Trinajstić information content (AvgIpc) is 2.70. The summed E-state index contributed by atoms with van der Waals surface area (Å²) in [5.41, 5.74) is 2.06. The smallest absolute Gasteiger partial charge is 0.302 e. The zero-order chi connectivity index (χ0) is 21.8. The van der Waals surface area contributed by atoms with E-state index in [0.717, 1.165) is 18.8 Å². The zero-order valence-corrected chi connectivity index (χ0v) is 17.2. The van der Waals surface area contributed by atoms with Crippen molar-refractivity contribution in [1.82, 2.24) is 14.9 Å². The van der Waals surface area contributed by atoms with Crippen LogP contribution in [0.5, 0.6) is 0 Å². The number of carbonyl (C=O) groups is 1. The van der Waals surface area contributed by atoms with Crippen molar-refractivity contribution < 1.29 is 23.9 Å². The molecule has 1 aromatic heterocycles. The minimum atomic E-state index is -0.460. The number of halogens is 1. The van der Waals surface area contributed by atoms with Crippen molar-refractivity contribution in [3.05, 3.63) is 42.0 Å². The number of likely N-dealkylation sites (tertiary alicyclic amines) is 1. The fraction of sp³-hybridized carbons (Fsp3) is 0.429. The second-order valence-electron chi connectivity index (χ2n) is 7.55. The van der Waals surface area contributed by atoms with Gasteiger partial charge in [0.05, 0.1) is 25.4 Å². The molecule has 0 spiro atoms. The Morgan fingerprint density at radius 3 is 2.71 bits per heavy atom. The van der Waals surface area contributed by atoms with Crippen LogP contribution in [0.3, 0.4) is 0 Å². The van der Waals surface area contributed by atoms with Crippen LogP contribution in [-0.4, -0.2) is 77.1 Å². The topological polar surface area (TPSA) is 100 Å². The summed E-state index contributed by atoms with van der Waals surface area (Å²) in [5, 5.41) is 13.4. The molecule has 0 amide bonds. The van der Waals surface area contributed by atoms with Crippen molar-refractivity contribution in [2.75, 3.05) is 44.2 Å². The number of aromatic nitrogens is 2. The highest BCUT2D eigenvalue weighted by Gasteiger charge is 2.30. The van der Waals surface area contributed by atoms with Gasteiger partial charge in [-0.1, -0.05) is 23.4 Å². The summed E-state index contributed by atoms with van der Waals surface area (Å²) in [6.45, 7) is 4.82. The van der Waals surface area contributed by atoms with E-state index in [1.165, 1.54) is 6.92 Å². The Kier molecular flexibility index (Phi) is 6.38. The third-order valence-corrected chi connectivity index (χ3v) is 5.20. The molecule has 1 N–H and O–H groups in total. The molecule has 0 aliphatic carbocycles. The van der Waals surface area contributed by atoms with Gasteiger partial charge in [0.25, 0.3) is 0 Å². The summed E-state index contributed by atoms with van der Waals surface area (Å²) in [5.74, 6) is -0.185. The Hall–Kier alpha value is -3.11. The first-order valence-corrected chi connectivity index (χ1v) is 10.1. The Balaban J connectivity index is 1.22. The second kappa shape index (κ2) is 9.36. The van der Waals surface area contributed by atoms with Crippen LogP contribution in [-0.2, 0) is 21.0 Å². The molecule has 3 heterocycles. The maximum absolute atomic E-state index is 14.4. The van der Waals surface area contributed by atoms with Crippen molar-refractivity contribution in [3.8, 4) is 11.1 Å². The van der Waals surface area contributed by atoms with Crippen LogP contribution in [0.2, 0.25) is 0 Å². The highest BCUT2D eigenvalue weighted by molar-refractivity contribution is 5.98. The number of hydrogen-bond donors (Lipinski definition) is 1. The first-order valence-electron chi connectivity index (χ1n) is 10.1. The molecule has 0 atom stereocenters. The van der Waals surface area contributed by atoms with Gasteiger partial charge in [-0.15, -0.1) is 0 Å². The van der Waals surface area contributed by atoms with Gasteiger partial charge in [-0.3, -0.25) is 9.69 Å². The molecule has 2 aliphatic rings. The summed E-state index contributed by atoms with van der Waals surface area (Å²) in [4.78, 5) is 29.0. The molecule has 164 valence electrons. The molecule has 31 heavy (non-hydrogen) atoms. The van der Waals surface area contributed by atoms with E-state index in [1.54, 1.807) is 30.6 Å². The number of benzene rings is 1. The van der Waals surface area contributed by atoms with Crippen LogP contribution in [0.4, 0.5) is 10.3 Å². The number of rotatable bonds is 8. The van der Waals surface area contributed by atoms with Gasteiger partial charge in [0.2, 0.25) is 5.95 Å². The molecule has 0 radical (unpaired) electrons. The molecule has 0 unspecified atom stereocenters. The van der Waals surface area contributed by atoms with E-state index in [9.17, 15) is 14.3 Å². The van der Waals surface area contributed by atoms with Gasteiger partial charge in [-0.25, -0.2) is 14.4 Å². The van der Waals surface area contributed by atoms with Crippen LogP contribution in [0.15, 0.2) is 35.7 Å². The summed E-state index contributed by atoms with van der Waals surface area (Å²) in [6, 6.07) is 4.87. The molecular weight excluding hydrogens is 405 g/mol. The van der Waals surface area contributed by atoms with Crippen LogP contribution in [0.1, 0.15) is 12.5 Å². The van der Waals surface area contributed by atoms with Gasteiger partial charge < -0.3 is 19.6 Å². The minimum Gasteiger partial charge on any atom is -0.465 e. The van der Waals surface area contributed by atoms with Crippen LogP contribution < -0.4 is 4.90 Å². The number of nitrogens with zero attached hydrogens (tertiary/aromatic N) is 5. The first-order chi connectivity index (χ1) is 15.0. The number of aliphatic hydroxyl groups is 1. The molecule has 0 bridgehead atoms. The molecule has 1 aromatic carbocycles. The van der Waals surface area contributed by atoms with Crippen LogP contribution >= 0.6 is 0 Å². The highest BCUT2D eigenvalue weighted by Crippen LogP contribution is 2.25. The summed E-state index contributed by atoms with van der Waals surface area (Å²) in [7, 11) is 0. The fourth-order valence-electron chi connectivity index (χ4n) is 3.38. The lowest BCUT2D eigenvalue weighted by Crippen LogP contribution is -2.53. The van der Waals surface area contributed by atoms with Crippen LogP contribution in [0, 0.1) is 5.82 Å². The molecule has 0 saturated carbocycles. The minimum absolute atomic E-state index is 0.0546. The Morgan fingerprint density at radius 1 is 1.29 bits per heavy atom. The third-order valence-electron chi connectivity index (χ3n) is 5.20. The normalized spacial score (nSPS) is 16.5. The summed E-state index contributed by atoms with van der Waals surface area (Å²) in [6.07, 6.45) is 3.21. The highest BCUT2D eigenvalue weighted by atomic mass is 19.1. The standard InChI is InChI=1S/C21H24FN5O4/c1-14(29)30-6-5-26-11-18(12-26)31-25-17-9-27(10-17)21-23-7-16(8-24-21)19-4-2-3-15(13-28)20(19)22/h2-4,7-8,18,28H,5-6,9-13H2,1H3. The molecule has 2 aliphatic heterocycles. The van der Waals surface area contributed by atoms with Gasteiger partial charge in [0.1, 0.15) is 12.4 Å². The van der Waals surface area contributed by atoms with Gasteiger partial charge in [-0.2, -0.15) is 0 Å². The number of hydrogen-bond acceptors (Lipinski definition) is 9. The van der Waals surface area contributed by atoms with E-state index in [1.807, 2.05) is 4.90 Å². The number of ether oxygens (including phenoxy) is 1. The second-order valence-corrected chi connectivity index (χ2v) is 7.55. The van der Waals surface area contributed by atoms with E-state index in [-0.39, 0.29) is 24.2 Å². The first kappa shape index (κ1) is 21.1. The fourth-order valence-corrected chi connectivity index (χ4v) is 3.38. The van der Waals surface area contributed by atoms with Crippen molar-refractivity contribution in [1.29, 1.82) is 0 Å². The molecule has 2 fully saturated rings. The third kappa shape index (κ3) is 4.97. The van der Waals surface area contributed by atoms with Crippen molar-refractivity contribution >= 4 is 17.6 Å². The molecule has 9 nitrogen and oxygen atoms in total. The average molecular weight is 429 g/mol. The largest absolute Gasteiger partial charge is 0.465 e. The Labute approximate surface area is 179 Å². The maximum Gasteiger partial charge on any atom is 0.302 e. The molecule has 2 aromatic rings. The van der Waals surface area contributed by atoms with E-state index < -0.39 is 5.82 Å². The predicted molar refractivity (Wildman–Crippen MR) is 111 cm³/mol. The van der Waals surface area contributed by atoms with Gasteiger partial charge in [0, 0.05) is 55.6 Å². The van der Waals surface area contributed by atoms with Gasteiger partial charge in [0.15, 0.2) is 6.10 Å². The molecule has 4 rings (SSSR count). The maximum atomic E-state index is 14.4. The lowest BCUT2D eigenvalue weighted by molar-refractivity contribution is -0.142. The molecular formula is C21H24FN5O4. The van der Waals surface area contributed by atoms with E-state index in [0.29, 0.717) is 43.3 Å². The monoisotopic (exact) mass is 429 g/mol. The predicted octanol–water partition coefficient (Wildman–Crippen LogP) is 1.21. The number of carbonyl (C=O) groups excluding carboxylic acids is 1. The number of aliphatic hydroxyl groups excluding tert-OH is 1. The SMILES string of the molecule is CC(=O)OCCN1CC(ON=C2CN(c3ncc(-c4cccc(CO)c4F)cn3)C2)C1. The Bertz CT molecular complexity index is 955. The lowest BCUT2D eigenvalue weighted by Gasteiger charge is -2.38. The van der Waals surface area contributed by atoms with Crippen molar-refractivity contribution in [2.45, 2.75) is 19.6 Å². The van der Waals surface area contributed by atoms with Crippen LogP contribution in [0.25, 0.3) is 11.1 Å². The number of oxime groups is 1. The zero-order valence-electron chi connectivity index (χ0n) is 17.2. The molecule has 10 heteroatoms. The summed E-state index contributed by atoms with van der Waals surface area (Å²) < 4.78 is 19.3. The van der Waals surface area contributed by atoms with E-state index >= 15 is 0 Å².